The first-order chi connectivity index (χ1) is 10.8. The number of nitrogens with one attached hydrogen (secondary N) is 1. The third-order valence-corrected chi connectivity index (χ3v) is 4.26. The van der Waals surface area contributed by atoms with Crippen molar-refractivity contribution in [2.24, 2.45) is 0 Å². The van der Waals surface area contributed by atoms with Gasteiger partial charge in [-0.1, -0.05) is 18.2 Å². The molecule has 1 saturated heterocycles. The number of aromatic hydroxyl groups is 1. The molecule has 1 aromatic carbocycles. The number of para-hydroxylation sites is 1. The molecule has 2 N–H and O–H groups in total. The van der Waals surface area contributed by atoms with Gasteiger partial charge >= 0.3 is 0 Å². The van der Waals surface area contributed by atoms with E-state index in [1.165, 1.54) is 0 Å². The molecule has 112 valence electrons. The van der Waals surface area contributed by atoms with Crippen LogP contribution in [-0.4, -0.2) is 32.7 Å². The number of aromatic nitrogens is 3. The highest BCUT2D eigenvalue weighted by molar-refractivity contribution is 5.71. The van der Waals surface area contributed by atoms with Gasteiger partial charge in [0, 0.05) is 24.7 Å². The smallest absolute Gasteiger partial charge is 0.160 e. The number of hydrogen-bond donors (Lipinski definition) is 2. The van der Waals surface area contributed by atoms with Crippen LogP contribution in [0, 0.1) is 0 Å². The zero-order chi connectivity index (χ0) is 14.9. The Bertz CT molecular complexity index is 805. The summed E-state index contributed by atoms with van der Waals surface area (Å²) in [5.74, 6) is 1.28. The third-order valence-electron chi connectivity index (χ3n) is 4.26. The number of benzene rings is 1. The fraction of sp³-hybridized carbons (Fsp3) is 0.294. The molecule has 1 atom stereocenters. The molecule has 1 aliphatic heterocycles. The quantitative estimate of drug-likeness (QED) is 0.778. The van der Waals surface area contributed by atoms with Crippen LogP contribution in [0.4, 0.5) is 0 Å². The highest BCUT2D eigenvalue weighted by Gasteiger charge is 2.23. The molecule has 3 aromatic rings. The van der Waals surface area contributed by atoms with E-state index >= 15 is 0 Å². The van der Waals surface area contributed by atoms with Gasteiger partial charge in [-0.2, -0.15) is 0 Å². The second-order valence-corrected chi connectivity index (χ2v) is 5.70. The summed E-state index contributed by atoms with van der Waals surface area (Å²) in [5, 5.41) is 13.4. The van der Waals surface area contributed by atoms with Crippen molar-refractivity contribution in [2.45, 2.75) is 18.9 Å². The van der Waals surface area contributed by atoms with Gasteiger partial charge in [-0.3, -0.25) is 0 Å². The summed E-state index contributed by atoms with van der Waals surface area (Å²) >= 11 is 0. The van der Waals surface area contributed by atoms with Gasteiger partial charge < -0.3 is 15.0 Å². The van der Waals surface area contributed by atoms with Crippen LogP contribution >= 0.6 is 0 Å². The van der Waals surface area contributed by atoms with E-state index in [-0.39, 0.29) is 0 Å². The van der Waals surface area contributed by atoms with Crippen LogP contribution in [0.5, 0.6) is 5.75 Å². The van der Waals surface area contributed by atoms with Crippen molar-refractivity contribution in [3.8, 4) is 5.75 Å². The SMILES string of the molecule is Oc1ccccc1Cc1nc2cccnc2n1C1CCNC1. The van der Waals surface area contributed by atoms with Gasteiger partial charge in [0.15, 0.2) is 5.65 Å². The van der Waals surface area contributed by atoms with E-state index in [9.17, 15) is 5.11 Å². The second-order valence-electron chi connectivity index (χ2n) is 5.70. The minimum atomic E-state index is 0.318. The lowest BCUT2D eigenvalue weighted by molar-refractivity contribution is 0.467. The highest BCUT2D eigenvalue weighted by Crippen LogP contribution is 2.27. The number of phenols is 1. The summed E-state index contributed by atoms with van der Waals surface area (Å²) in [5.41, 5.74) is 2.74. The molecule has 0 spiro atoms. The molecule has 5 heteroatoms. The van der Waals surface area contributed by atoms with E-state index in [1.54, 1.807) is 6.07 Å². The molecule has 2 aromatic heterocycles. The number of imidazole rings is 1. The normalized spacial score (nSPS) is 18.1. The lowest BCUT2D eigenvalue weighted by Crippen LogP contribution is -2.16. The number of hydrogen-bond acceptors (Lipinski definition) is 4. The summed E-state index contributed by atoms with van der Waals surface area (Å²) in [6, 6.07) is 11.7. The van der Waals surface area contributed by atoms with Crippen molar-refractivity contribution in [1.82, 2.24) is 19.9 Å². The molecule has 0 saturated carbocycles. The van der Waals surface area contributed by atoms with Crippen molar-refractivity contribution in [3.63, 3.8) is 0 Å². The first-order valence-corrected chi connectivity index (χ1v) is 7.62. The minimum Gasteiger partial charge on any atom is -0.508 e. The average molecular weight is 294 g/mol. The molecular formula is C17H18N4O. The molecule has 0 bridgehead atoms. The first-order valence-electron chi connectivity index (χ1n) is 7.62. The Balaban J connectivity index is 1.82. The van der Waals surface area contributed by atoms with Gasteiger partial charge in [0.05, 0.1) is 6.04 Å². The van der Waals surface area contributed by atoms with E-state index < -0.39 is 0 Å². The van der Waals surface area contributed by atoms with E-state index in [1.807, 2.05) is 36.5 Å². The van der Waals surface area contributed by atoms with Gasteiger partial charge in [0.1, 0.15) is 17.1 Å². The molecule has 0 aliphatic carbocycles. The van der Waals surface area contributed by atoms with Crippen LogP contribution in [0.3, 0.4) is 0 Å². The van der Waals surface area contributed by atoms with Gasteiger partial charge in [0.25, 0.3) is 0 Å². The van der Waals surface area contributed by atoms with E-state index in [0.29, 0.717) is 18.2 Å². The Hall–Kier alpha value is -2.40. The molecule has 5 nitrogen and oxygen atoms in total. The van der Waals surface area contributed by atoms with E-state index in [2.05, 4.69) is 14.9 Å². The topological polar surface area (TPSA) is 63.0 Å². The van der Waals surface area contributed by atoms with Crippen molar-refractivity contribution in [3.05, 3.63) is 54.0 Å². The predicted octanol–water partition coefficient (Wildman–Crippen LogP) is 2.26. The van der Waals surface area contributed by atoms with Gasteiger partial charge in [-0.25, -0.2) is 9.97 Å². The first kappa shape index (κ1) is 13.3. The van der Waals surface area contributed by atoms with E-state index in [4.69, 9.17) is 4.98 Å². The maximum Gasteiger partial charge on any atom is 0.160 e. The van der Waals surface area contributed by atoms with Crippen molar-refractivity contribution < 1.29 is 5.11 Å². The maximum atomic E-state index is 10.0. The lowest BCUT2D eigenvalue weighted by atomic mass is 10.1. The fourth-order valence-corrected chi connectivity index (χ4v) is 3.18. The van der Waals surface area contributed by atoms with Crippen LogP contribution in [0.15, 0.2) is 42.6 Å². The lowest BCUT2D eigenvalue weighted by Gasteiger charge is -2.15. The summed E-state index contributed by atoms with van der Waals surface area (Å²) < 4.78 is 2.24. The Morgan fingerprint density at radius 3 is 2.95 bits per heavy atom. The number of nitrogens with zero attached hydrogens (tertiary/aromatic N) is 3. The maximum absolute atomic E-state index is 10.0. The summed E-state index contributed by atoms with van der Waals surface area (Å²) in [6.07, 6.45) is 3.50. The van der Waals surface area contributed by atoms with Crippen LogP contribution in [0.1, 0.15) is 23.9 Å². The van der Waals surface area contributed by atoms with Gasteiger partial charge in [0.2, 0.25) is 0 Å². The monoisotopic (exact) mass is 294 g/mol. The zero-order valence-corrected chi connectivity index (χ0v) is 12.2. The largest absolute Gasteiger partial charge is 0.508 e. The molecule has 22 heavy (non-hydrogen) atoms. The van der Waals surface area contributed by atoms with Crippen molar-refractivity contribution in [2.75, 3.05) is 13.1 Å². The molecule has 1 fully saturated rings. The Kier molecular flexibility index (Phi) is 3.27. The highest BCUT2D eigenvalue weighted by atomic mass is 16.3. The standard InChI is InChI=1S/C17H18N4O/c22-15-6-2-1-4-12(15)10-16-20-14-5-3-8-19-17(14)21(16)13-7-9-18-11-13/h1-6,8,13,18,22H,7,9-11H2. The molecule has 1 aliphatic rings. The zero-order valence-electron chi connectivity index (χ0n) is 12.2. The van der Waals surface area contributed by atoms with Crippen LogP contribution in [0.2, 0.25) is 0 Å². The average Bonchev–Trinajstić information content (AvgIpc) is 3.16. The van der Waals surface area contributed by atoms with Crippen LogP contribution in [0.25, 0.3) is 11.2 Å². The Morgan fingerprint density at radius 2 is 2.14 bits per heavy atom. The molecular weight excluding hydrogens is 276 g/mol. The molecule has 4 rings (SSSR count). The summed E-state index contributed by atoms with van der Waals surface area (Å²) in [6.45, 7) is 1.96. The predicted molar refractivity (Wildman–Crippen MR) is 85.0 cm³/mol. The van der Waals surface area contributed by atoms with Crippen molar-refractivity contribution >= 4 is 11.2 Å². The van der Waals surface area contributed by atoms with Gasteiger partial charge in [-0.15, -0.1) is 0 Å². The summed E-state index contributed by atoms with van der Waals surface area (Å²) in [7, 11) is 0. The third kappa shape index (κ3) is 2.23. The second kappa shape index (κ2) is 5.42. The number of fused-ring (bicyclic) bond motifs is 1. The van der Waals surface area contributed by atoms with Gasteiger partial charge in [-0.05, 0) is 31.2 Å². The minimum absolute atomic E-state index is 0.318. The van der Waals surface area contributed by atoms with Crippen molar-refractivity contribution in [1.29, 1.82) is 0 Å². The van der Waals surface area contributed by atoms with E-state index in [0.717, 1.165) is 42.1 Å². The summed E-state index contributed by atoms with van der Waals surface area (Å²) in [4.78, 5) is 9.28. The van der Waals surface area contributed by atoms with Crippen LogP contribution in [-0.2, 0) is 6.42 Å². The van der Waals surface area contributed by atoms with Crippen LogP contribution < -0.4 is 5.32 Å². The number of rotatable bonds is 3. The molecule has 1 unspecified atom stereocenters. The number of pyridine rings is 1. The molecule has 0 amide bonds. The Morgan fingerprint density at radius 1 is 1.23 bits per heavy atom. The molecule has 3 heterocycles. The Labute approximate surface area is 128 Å². The molecule has 0 radical (unpaired) electrons. The fourth-order valence-electron chi connectivity index (χ4n) is 3.18. The number of phenolic OH excluding ortho intramolecular Hbond substituents is 1.